The summed E-state index contributed by atoms with van der Waals surface area (Å²) in [5.74, 6) is -0.355. The molecule has 14 heavy (non-hydrogen) atoms. The highest BCUT2D eigenvalue weighted by atomic mass is 19.1. The number of rotatable bonds is 2. The normalized spacial score (nSPS) is 10.6. The lowest BCUT2D eigenvalue weighted by Gasteiger charge is -1.96. The van der Waals surface area contributed by atoms with Crippen LogP contribution in [0.15, 0.2) is 18.2 Å². The Labute approximate surface area is 79.4 Å². The molecular formula is C9H9FN4. The molecule has 0 aliphatic heterocycles. The number of nitrogens with zero attached hydrogens (tertiary/aromatic N) is 1. The minimum Gasteiger partial charge on any atom is -0.387 e. The number of hydrogen-bond acceptors (Lipinski definition) is 2. The van der Waals surface area contributed by atoms with Gasteiger partial charge in [-0.25, -0.2) is 4.39 Å². The van der Waals surface area contributed by atoms with Crippen LogP contribution in [0.1, 0.15) is 5.69 Å². The third-order valence-corrected chi connectivity index (χ3v) is 1.97. The Bertz CT molecular complexity index is 489. The van der Waals surface area contributed by atoms with E-state index in [4.69, 9.17) is 11.1 Å². The Morgan fingerprint density at radius 3 is 3.07 bits per heavy atom. The molecule has 0 bridgehead atoms. The Kier molecular flexibility index (Phi) is 1.92. The van der Waals surface area contributed by atoms with Gasteiger partial charge in [0.25, 0.3) is 0 Å². The number of halogens is 1. The SMILES string of the molecule is N=C(N)Cc1[nH]nc2cccc(F)c12. The maximum absolute atomic E-state index is 13.4. The molecule has 0 fully saturated rings. The fraction of sp³-hybridized carbons (Fsp3) is 0.111. The van der Waals surface area contributed by atoms with E-state index in [1.165, 1.54) is 6.07 Å². The summed E-state index contributed by atoms with van der Waals surface area (Å²) in [5.41, 5.74) is 6.34. The molecule has 1 aromatic heterocycles. The van der Waals surface area contributed by atoms with Gasteiger partial charge < -0.3 is 5.73 Å². The van der Waals surface area contributed by atoms with Gasteiger partial charge in [0.2, 0.25) is 0 Å². The van der Waals surface area contributed by atoms with Crippen molar-refractivity contribution < 1.29 is 4.39 Å². The molecule has 0 saturated carbocycles. The summed E-state index contributed by atoms with van der Waals surface area (Å²) in [7, 11) is 0. The maximum Gasteiger partial charge on any atom is 0.134 e. The standard InChI is InChI=1S/C9H9FN4/c10-5-2-1-3-6-9(5)7(14-13-6)4-8(11)12/h1-3H,4H2,(H3,11,12)(H,13,14). The van der Waals surface area contributed by atoms with Crippen molar-refractivity contribution in [2.24, 2.45) is 5.73 Å². The van der Waals surface area contributed by atoms with Crippen LogP contribution in [0.3, 0.4) is 0 Å². The van der Waals surface area contributed by atoms with E-state index in [9.17, 15) is 4.39 Å². The molecule has 5 heteroatoms. The minimum absolute atomic E-state index is 0.0150. The predicted molar refractivity (Wildman–Crippen MR) is 51.7 cm³/mol. The van der Waals surface area contributed by atoms with Crippen LogP contribution in [0.2, 0.25) is 0 Å². The maximum atomic E-state index is 13.4. The molecular weight excluding hydrogens is 183 g/mol. The quantitative estimate of drug-likeness (QED) is 0.493. The number of H-pyrrole nitrogens is 1. The molecule has 4 N–H and O–H groups in total. The molecule has 0 atom stereocenters. The summed E-state index contributed by atoms with van der Waals surface area (Å²) in [6.45, 7) is 0. The van der Waals surface area contributed by atoms with Crippen LogP contribution in [-0.4, -0.2) is 16.0 Å². The van der Waals surface area contributed by atoms with E-state index in [1.54, 1.807) is 12.1 Å². The molecule has 2 rings (SSSR count). The summed E-state index contributed by atoms with van der Waals surface area (Å²) in [6, 6.07) is 4.66. The van der Waals surface area contributed by atoms with Crippen molar-refractivity contribution in [2.75, 3.05) is 0 Å². The second-order valence-corrected chi connectivity index (χ2v) is 3.04. The van der Waals surface area contributed by atoms with Gasteiger partial charge in [0.15, 0.2) is 0 Å². The monoisotopic (exact) mass is 192 g/mol. The fourth-order valence-corrected chi connectivity index (χ4v) is 1.41. The minimum atomic E-state index is -0.340. The molecule has 2 aromatic rings. The summed E-state index contributed by atoms with van der Waals surface area (Å²) >= 11 is 0. The lowest BCUT2D eigenvalue weighted by atomic mass is 10.1. The third-order valence-electron chi connectivity index (χ3n) is 1.97. The average molecular weight is 192 g/mol. The zero-order valence-corrected chi connectivity index (χ0v) is 7.34. The van der Waals surface area contributed by atoms with Gasteiger partial charge in [0.05, 0.1) is 22.4 Å². The van der Waals surface area contributed by atoms with Gasteiger partial charge in [-0.1, -0.05) is 6.07 Å². The average Bonchev–Trinajstić information content (AvgIpc) is 2.49. The lowest BCUT2D eigenvalue weighted by molar-refractivity contribution is 0.639. The van der Waals surface area contributed by atoms with E-state index < -0.39 is 0 Å². The molecule has 0 aliphatic carbocycles. The first-order chi connectivity index (χ1) is 6.68. The van der Waals surface area contributed by atoms with Crippen LogP contribution in [0.4, 0.5) is 4.39 Å². The number of fused-ring (bicyclic) bond motifs is 1. The van der Waals surface area contributed by atoms with Gasteiger partial charge in [-0.05, 0) is 12.1 Å². The molecule has 0 unspecified atom stereocenters. The highest BCUT2D eigenvalue weighted by molar-refractivity contribution is 5.87. The number of nitrogens with two attached hydrogens (primary N) is 1. The van der Waals surface area contributed by atoms with Crippen molar-refractivity contribution in [1.82, 2.24) is 10.2 Å². The molecule has 0 radical (unpaired) electrons. The summed E-state index contributed by atoms with van der Waals surface area (Å²) in [6.07, 6.45) is 0.192. The first kappa shape index (κ1) is 8.68. The summed E-state index contributed by atoms with van der Waals surface area (Å²) in [5, 5.41) is 14.1. The Morgan fingerprint density at radius 1 is 1.57 bits per heavy atom. The van der Waals surface area contributed by atoms with Crippen LogP contribution in [0, 0.1) is 11.2 Å². The molecule has 0 amide bonds. The fourth-order valence-electron chi connectivity index (χ4n) is 1.41. The molecule has 1 heterocycles. The van der Waals surface area contributed by atoms with Gasteiger partial charge in [0.1, 0.15) is 5.82 Å². The van der Waals surface area contributed by atoms with Gasteiger partial charge in [-0.2, -0.15) is 5.10 Å². The van der Waals surface area contributed by atoms with Crippen LogP contribution >= 0.6 is 0 Å². The Balaban J connectivity index is 2.61. The first-order valence-corrected chi connectivity index (χ1v) is 4.13. The van der Waals surface area contributed by atoms with Crippen molar-refractivity contribution in [3.05, 3.63) is 29.7 Å². The molecule has 1 aromatic carbocycles. The lowest BCUT2D eigenvalue weighted by Crippen LogP contribution is -2.13. The van der Waals surface area contributed by atoms with E-state index in [0.717, 1.165) is 0 Å². The number of aromatic amines is 1. The molecule has 4 nitrogen and oxygen atoms in total. The van der Waals surface area contributed by atoms with Crippen LogP contribution < -0.4 is 5.73 Å². The van der Waals surface area contributed by atoms with E-state index >= 15 is 0 Å². The highest BCUT2D eigenvalue weighted by Gasteiger charge is 2.09. The molecule has 0 aliphatic rings. The van der Waals surface area contributed by atoms with Gasteiger partial charge in [-0.15, -0.1) is 0 Å². The van der Waals surface area contributed by atoms with E-state index in [1.807, 2.05) is 0 Å². The summed E-state index contributed by atoms with van der Waals surface area (Å²) < 4.78 is 13.4. The largest absolute Gasteiger partial charge is 0.387 e. The van der Waals surface area contributed by atoms with Crippen molar-refractivity contribution in [3.8, 4) is 0 Å². The number of aromatic nitrogens is 2. The van der Waals surface area contributed by atoms with E-state index in [-0.39, 0.29) is 18.1 Å². The Hall–Kier alpha value is -1.91. The van der Waals surface area contributed by atoms with E-state index in [0.29, 0.717) is 16.6 Å². The van der Waals surface area contributed by atoms with E-state index in [2.05, 4.69) is 10.2 Å². The predicted octanol–water partition coefficient (Wildman–Crippen LogP) is 1.18. The number of hydrogen-bond donors (Lipinski definition) is 3. The number of amidine groups is 1. The number of benzene rings is 1. The van der Waals surface area contributed by atoms with Crippen molar-refractivity contribution in [1.29, 1.82) is 5.41 Å². The Morgan fingerprint density at radius 2 is 2.36 bits per heavy atom. The van der Waals surface area contributed by atoms with Gasteiger partial charge in [0, 0.05) is 6.42 Å². The zero-order chi connectivity index (χ0) is 10.1. The van der Waals surface area contributed by atoms with Gasteiger partial charge in [-0.3, -0.25) is 10.5 Å². The smallest absolute Gasteiger partial charge is 0.134 e. The molecule has 0 spiro atoms. The van der Waals surface area contributed by atoms with Crippen LogP contribution in [0.5, 0.6) is 0 Å². The summed E-state index contributed by atoms with van der Waals surface area (Å²) in [4.78, 5) is 0. The third kappa shape index (κ3) is 1.32. The van der Waals surface area contributed by atoms with Crippen LogP contribution in [0.25, 0.3) is 10.9 Å². The van der Waals surface area contributed by atoms with Crippen LogP contribution in [-0.2, 0) is 6.42 Å². The molecule has 72 valence electrons. The van der Waals surface area contributed by atoms with Gasteiger partial charge >= 0.3 is 0 Å². The second-order valence-electron chi connectivity index (χ2n) is 3.04. The van der Waals surface area contributed by atoms with Crippen molar-refractivity contribution in [3.63, 3.8) is 0 Å². The second kappa shape index (κ2) is 3.10. The molecule has 0 saturated heterocycles. The van der Waals surface area contributed by atoms with Crippen molar-refractivity contribution in [2.45, 2.75) is 6.42 Å². The zero-order valence-electron chi connectivity index (χ0n) is 7.34. The first-order valence-electron chi connectivity index (χ1n) is 4.13. The highest BCUT2D eigenvalue weighted by Crippen LogP contribution is 2.19. The number of nitrogens with one attached hydrogen (secondary N) is 2. The topological polar surface area (TPSA) is 78.5 Å². The van der Waals surface area contributed by atoms with Crippen molar-refractivity contribution >= 4 is 16.7 Å².